The number of Topliss-reactive ketones (excluding diaryl/α,β-unsaturated/α-hetero) is 1. The van der Waals surface area contributed by atoms with Gasteiger partial charge in [0.05, 0.1) is 6.42 Å². The van der Waals surface area contributed by atoms with Crippen molar-refractivity contribution in [1.29, 1.82) is 0 Å². The zero-order valence-corrected chi connectivity index (χ0v) is 12.5. The molecule has 1 aliphatic heterocycles. The molecule has 2 N–H and O–H groups in total. The number of fused-ring (bicyclic) bond motifs is 1. The minimum Gasteiger partial charge on any atom is -0.375 e. The largest absolute Gasteiger partial charge is 0.375 e. The van der Waals surface area contributed by atoms with Crippen LogP contribution < -0.4 is 5.32 Å². The Morgan fingerprint density at radius 3 is 2.41 bits per heavy atom. The molecule has 1 atom stereocenters. The molecule has 112 valence electrons. The molecule has 0 aliphatic carbocycles. The van der Waals surface area contributed by atoms with Crippen LogP contribution in [-0.2, 0) is 10.4 Å². The summed E-state index contributed by atoms with van der Waals surface area (Å²) in [5.41, 5.74) is 1.70. The van der Waals surface area contributed by atoms with Gasteiger partial charge in [0.25, 0.3) is 5.91 Å². The van der Waals surface area contributed by atoms with Crippen molar-refractivity contribution in [1.82, 2.24) is 0 Å². The first-order valence-corrected chi connectivity index (χ1v) is 7.15. The van der Waals surface area contributed by atoms with Crippen LogP contribution in [0, 0.1) is 13.8 Å². The number of hydrogen-bond acceptors (Lipinski definition) is 3. The van der Waals surface area contributed by atoms with E-state index in [0.717, 1.165) is 11.1 Å². The molecule has 1 amide bonds. The first-order valence-electron chi connectivity index (χ1n) is 7.15. The van der Waals surface area contributed by atoms with Gasteiger partial charge in [0.2, 0.25) is 0 Å². The number of aliphatic hydroxyl groups is 1. The van der Waals surface area contributed by atoms with Crippen molar-refractivity contribution in [3.63, 3.8) is 0 Å². The highest BCUT2D eigenvalue weighted by molar-refractivity contribution is 6.09. The fourth-order valence-corrected chi connectivity index (χ4v) is 2.71. The van der Waals surface area contributed by atoms with Crippen molar-refractivity contribution in [2.24, 2.45) is 0 Å². The summed E-state index contributed by atoms with van der Waals surface area (Å²) in [6.07, 6.45) is -0.266. The van der Waals surface area contributed by atoms with E-state index in [1.165, 1.54) is 0 Å². The maximum atomic E-state index is 12.4. The highest BCUT2D eigenvalue weighted by Crippen LogP contribution is 2.39. The summed E-state index contributed by atoms with van der Waals surface area (Å²) < 4.78 is 0. The third-order valence-corrected chi connectivity index (χ3v) is 4.03. The highest BCUT2D eigenvalue weighted by Gasteiger charge is 2.46. The normalized spacial score (nSPS) is 19.7. The first-order chi connectivity index (χ1) is 10.4. The number of hydrogen-bond donors (Lipinski definition) is 2. The molecule has 1 heterocycles. The lowest BCUT2D eigenvalue weighted by Gasteiger charge is -2.20. The average Bonchev–Trinajstić information content (AvgIpc) is 2.71. The molecule has 4 heteroatoms. The maximum absolute atomic E-state index is 12.4. The van der Waals surface area contributed by atoms with Gasteiger partial charge in [0.1, 0.15) is 0 Å². The van der Waals surface area contributed by atoms with Crippen LogP contribution in [0.2, 0.25) is 0 Å². The van der Waals surface area contributed by atoms with Gasteiger partial charge in [-0.2, -0.15) is 0 Å². The molecule has 2 aromatic carbocycles. The summed E-state index contributed by atoms with van der Waals surface area (Å²) in [6, 6.07) is 12.4. The third kappa shape index (κ3) is 2.31. The number of aryl methyl sites for hydroxylation is 2. The van der Waals surface area contributed by atoms with Gasteiger partial charge in [-0.1, -0.05) is 47.5 Å². The first kappa shape index (κ1) is 14.5. The molecule has 1 aliphatic rings. The third-order valence-electron chi connectivity index (χ3n) is 4.03. The van der Waals surface area contributed by atoms with Crippen LogP contribution in [0.15, 0.2) is 42.5 Å². The summed E-state index contributed by atoms with van der Waals surface area (Å²) in [6.45, 7) is 3.82. The van der Waals surface area contributed by atoms with E-state index < -0.39 is 11.5 Å². The van der Waals surface area contributed by atoms with Crippen molar-refractivity contribution in [2.45, 2.75) is 25.9 Å². The molecule has 0 radical (unpaired) electrons. The maximum Gasteiger partial charge on any atom is 0.261 e. The molecule has 3 rings (SSSR count). The summed E-state index contributed by atoms with van der Waals surface area (Å²) >= 11 is 0. The Labute approximate surface area is 128 Å². The summed E-state index contributed by atoms with van der Waals surface area (Å²) in [7, 11) is 0. The van der Waals surface area contributed by atoms with Crippen LogP contribution in [0.1, 0.15) is 33.5 Å². The van der Waals surface area contributed by atoms with E-state index in [9.17, 15) is 14.7 Å². The second-order valence-electron chi connectivity index (χ2n) is 5.83. The second kappa shape index (κ2) is 5.07. The van der Waals surface area contributed by atoms with Crippen molar-refractivity contribution in [3.05, 3.63) is 64.7 Å². The Morgan fingerprint density at radius 1 is 1.09 bits per heavy atom. The van der Waals surface area contributed by atoms with Crippen LogP contribution in [0.5, 0.6) is 0 Å². The second-order valence-corrected chi connectivity index (χ2v) is 5.83. The van der Waals surface area contributed by atoms with E-state index in [0.29, 0.717) is 16.8 Å². The van der Waals surface area contributed by atoms with E-state index >= 15 is 0 Å². The van der Waals surface area contributed by atoms with Crippen molar-refractivity contribution in [2.75, 3.05) is 5.32 Å². The van der Waals surface area contributed by atoms with Gasteiger partial charge in [0.15, 0.2) is 11.4 Å². The Hall–Kier alpha value is -2.46. The fraction of sp³-hybridized carbons (Fsp3) is 0.222. The lowest BCUT2D eigenvalue weighted by atomic mass is 9.87. The highest BCUT2D eigenvalue weighted by atomic mass is 16.3. The lowest BCUT2D eigenvalue weighted by Crippen LogP contribution is -2.36. The molecule has 0 aromatic heterocycles. The van der Waals surface area contributed by atoms with E-state index in [1.807, 2.05) is 32.0 Å². The Balaban J connectivity index is 1.94. The van der Waals surface area contributed by atoms with Crippen LogP contribution in [-0.4, -0.2) is 16.8 Å². The van der Waals surface area contributed by atoms with Crippen molar-refractivity contribution < 1.29 is 14.7 Å². The molecule has 0 bridgehead atoms. The van der Waals surface area contributed by atoms with Gasteiger partial charge in [-0.3, -0.25) is 9.59 Å². The summed E-state index contributed by atoms with van der Waals surface area (Å²) in [5.74, 6) is -0.805. The molecular formula is C18H17NO3. The van der Waals surface area contributed by atoms with Crippen molar-refractivity contribution >= 4 is 17.4 Å². The van der Waals surface area contributed by atoms with Crippen LogP contribution in [0.25, 0.3) is 0 Å². The summed E-state index contributed by atoms with van der Waals surface area (Å²) in [4.78, 5) is 24.6. The number of ketones is 1. The van der Waals surface area contributed by atoms with Gasteiger partial charge in [-0.25, -0.2) is 0 Å². The van der Waals surface area contributed by atoms with Gasteiger partial charge in [-0.15, -0.1) is 0 Å². The number of benzene rings is 2. The van der Waals surface area contributed by atoms with E-state index in [-0.39, 0.29) is 12.2 Å². The number of anilines is 1. The number of amides is 1. The number of carbonyl (C=O) groups excluding carboxylic acids is 2. The van der Waals surface area contributed by atoms with Crippen LogP contribution >= 0.6 is 0 Å². The predicted octanol–water partition coefficient (Wildman–Crippen LogP) is 2.72. The quantitative estimate of drug-likeness (QED) is 0.856. The average molecular weight is 295 g/mol. The Kier molecular flexibility index (Phi) is 3.34. The Bertz CT molecular complexity index is 764. The SMILES string of the molecule is Cc1ccc(C(=O)C[C@@]2(O)C(=O)Nc3ccc(C)cc32)cc1. The summed E-state index contributed by atoms with van der Waals surface area (Å²) in [5, 5.41) is 13.4. The molecule has 4 nitrogen and oxygen atoms in total. The van der Waals surface area contributed by atoms with Gasteiger partial charge < -0.3 is 10.4 Å². The minimum atomic E-state index is -1.80. The van der Waals surface area contributed by atoms with E-state index in [1.54, 1.807) is 24.3 Å². The van der Waals surface area contributed by atoms with E-state index in [2.05, 4.69) is 5.32 Å². The molecule has 0 saturated heterocycles. The van der Waals surface area contributed by atoms with E-state index in [4.69, 9.17) is 0 Å². The predicted molar refractivity (Wildman–Crippen MR) is 83.8 cm³/mol. The topological polar surface area (TPSA) is 66.4 Å². The molecule has 0 fully saturated rings. The van der Waals surface area contributed by atoms with Crippen molar-refractivity contribution in [3.8, 4) is 0 Å². The molecule has 22 heavy (non-hydrogen) atoms. The van der Waals surface area contributed by atoms with Gasteiger partial charge in [-0.05, 0) is 19.9 Å². The van der Waals surface area contributed by atoms with Gasteiger partial charge >= 0.3 is 0 Å². The zero-order chi connectivity index (χ0) is 15.9. The van der Waals surface area contributed by atoms with Crippen LogP contribution in [0.3, 0.4) is 0 Å². The molecular weight excluding hydrogens is 278 g/mol. The minimum absolute atomic E-state index is 0.257. The molecule has 2 aromatic rings. The monoisotopic (exact) mass is 295 g/mol. The Morgan fingerprint density at radius 2 is 1.73 bits per heavy atom. The number of nitrogens with one attached hydrogen (secondary N) is 1. The molecule has 0 spiro atoms. The number of carbonyl (C=O) groups is 2. The lowest BCUT2D eigenvalue weighted by molar-refractivity contribution is -0.133. The van der Waals surface area contributed by atoms with Crippen LogP contribution in [0.4, 0.5) is 5.69 Å². The fourth-order valence-electron chi connectivity index (χ4n) is 2.71. The molecule has 0 unspecified atom stereocenters. The van der Waals surface area contributed by atoms with Gasteiger partial charge in [0, 0.05) is 16.8 Å². The molecule has 0 saturated carbocycles. The number of rotatable bonds is 3. The smallest absolute Gasteiger partial charge is 0.261 e. The zero-order valence-electron chi connectivity index (χ0n) is 12.5. The standard InChI is InChI=1S/C18H17NO3/c1-11-3-6-13(7-4-11)16(20)10-18(22)14-9-12(2)5-8-15(14)19-17(18)21/h3-9,22H,10H2,1-2H3,(H,19,21)/t18-/m0/s1.